The zero-order chi connectivity index (χ0) is 14.9. The average molecular weight is 311 g/mol. The van der Waals surface area contributed by atoms with Gasteiger partial charge >= 0.3 is 0 Å². The van der Waals surface area contributed by atoms with Gasteiger partial charge in [0, 0.05) is 18.7 Å². The maximum atomic E-state index is 13.6. The van der Waals surface area contributed by atoms with Crippen molar-refractivity contribution >= 4 is 10.0 Å². The van der Waals surface area contributed by atoms with E-state index in [1.807, 2.05) is 0 Å². The van der Waals surface area contributed by atoms with Gasteiger partial charge in [-0.15, -0.1) is 0 Å². The minimum atomic E-state index is -4.52. The number of halogens is 3. The van der Waals surface area contributed by atoms with Gasteiger partial charge in [-0.25, -0.2) is 21.6 Å². The van der Waals surface area contributed by atoms with E-state index in [1.165, 1.54) is 0 Å². The molecule has 0 spiro atoms. The molecule has 0 bridgehead atoms. The molecule has 9 heteroatoms. The molecular formula is C11H12F3NO4S. The first-order valence-electron chi connectivity index (χ1n) is 5.73. The van der Waals surface area contributed by atoms with Crippen LogP contribution in [0, 0.1) is 17.5 Å². The molecule has 1 N–H and O–H groups in total. The van der Waals surface area contributed by atoms with Crippen LogP contribution >= 0.6 is 0 Å². The highest BCUT2D eigenvalue weighted by Gasteiger charge is 2.37. The van der Waals surface area contributed by atoms with Gasteiger partial charge in [0.15, 0.2) is 4.90 Å². The Morgan fingerprint density at radius 3 is 2.45 bits per heavy atom. The van der Waals surface area contributed by atoms with Crippen LogP contribution in [0.2, 0.25) is 0 Å². The molecule has 1 aliphatic heterocycles. The summed E-state index contributed by atoms with van der Waals surface area (Å²) in [6.07, 6.45) is 0. The van der Waals surface area contributed by atoms with Crippen molar-refractivity contribution < 1.29 is 31.4 Å². The highest BCUT2D eigenvalue weighted by molar-refractivity contribution is 7.89. The van der Waals surface area contributed by atoms with Crippen molar-refractivity contribution in [2.75, 3.05) is 26.4 Å². The second-order valence-electron chi connectivity index (χ2n) is 4.23. The smallest absolute Gasteiger partial charge is 0.249 e. The van der Waals surface area contributed by atoms with E-state index < -0.39 is 45.0 Å². The van der Waals surface area contributed by atoms with Crippen LogP contribution in [-0.2, 0) is 14.8 Å². The molecule has 0 radical (unpaired) electrons. The standard InChI is InChI=1S/C11H12F3NO4S/c12-7-3-9(13)11(10(14)4-7)20(17,18)15-1-2-19-6-8(15)5-16/h3-4,8,16H,1-2,5-6H2. The van der Waals surface area contributed by atoms with Crippen LogP contribution in [-0.4, -0.2) is 50.2 Å². The van der Waals surface area contributed by atoms with Crippen LogP contribution in [0.3, 0.4) is 0 Å². The number of morpholine rings is 1. The Hall–Kier alpha value is -1.16. The molecule has 1 aromatic carbocycles. The summed E-state index contributed by atoms with van der Waals surface area (Å²) in [7, 11) is -4.52. The van der Waals surface area contributed by atoms with Crippen LogP contribution in [0.4, 0.5) is 13.2 Å². The van der Waals surface area contributed by atoms with E-state index in [1.54, 1.807) is 0 Å². The van der Waals surface area contributed by atoms with E-state index in [4.69, 9.17) is 9.84 Å². The van der Waals surface area contributed by atoms with Crippen LogP contribution in [0.15, 0.2) is 17.0 Å². The fourth-order valence-corrected chi connectivity index (χ4v) is 3.67. The Morgan fingerprint density at radius 2 is 1.90 bits per heavy atom. The predicted molar refractivity (Wildman–Crippen MR) is 61.9 cm³/mol. The highest BCUT2D eigenvalue weighted by Crippen LogP contribution is 2.26. The van der Waals surface area contributed by atoms with Crippen molar-refractivity contribution in [3.05, 3.63) is 29.6 Å². The molecule has 1 atom stereocenters. The van der Waals surface area contributed by atoms with E-state index in [2.05, 4.69) is 0 Å². The molecular weight excluding hydrogens is 299 g/mol. The van der Waals surface area contributed by atoms with Crippen molar-refractivity contribution in [1.82, 2.24) is 4.31 Å². The summed E-state index contributed by atoms with van der Waals surface area (Å²) in [5.41, 5.74) is 0. The Labute approximate surface area is 113 Å². The first kappa shape index (κ1) is 15.2. The summed E-state index contributed by atoms with van der Waals surface area (Å²) < 4.78 is 70.4. The maximum Gasteiger partial charge on any atom is 0.249 e. The van der Waals surface area contributed by atoms with Gasteiger partial charge in [-0.05, 0) is 0 Å². The molecule has 1 unspecified atom stereocenters. The number of rotatable bonds is 3. The minimum absolute atomic E-state index is 0.0418. The zero-order valence-corrected chi connectivity index (χ0v) is 11.0. The number of benzene rings is 1. The Bertz CT molecular complexity index is 585. The number of hydrogen-bond donors (Lipinski definition) is 1. The third-order valence-electron chi connectivity index (χ3n) is 2.91. The number of aliphatic hydroxyl groups is 1. The van der Waals surface area contributed by atoms with Crippen LogP contribution < -0.4 is 0 Å². The number of nitrogens with zero attached hydrogens (tertiary/aromatic N) is 1. The van der Waals surface area contributed by atoms with Crippen LogP contribution in [0.25, 0.3) is 0 Å². The molecule has 1 heterocycles. The summed E-state index contributed by atoms with van der Waals surface area (Å²) in [5, 5.41) is 9.12. The molecule has 1 fully saturated rings. The lowest BCUT2D eigenvalue weighted by molar-refractivity contribution is 0.0107. The Morgan fingerprint density at radius 1 is 1.30 bits per heavy atom. The topological polar surface area (TPSA) is 66.8 Å². The molecule has 1 aliphatic rings. The zero-order valence-electron chi connectivity index (χ0n) is 10.2. The molecule has 0 saturated carbocycles. The predicted octanol–water partition coefficient (Wildman–Crippen LogP) is 0.486. The fourth-order valence-electron chi connectivity index (χ4n) is 1.99. The lowest BCUT2D eigenvalue weighted by atomic mass is 10.3. The van der Waals surface area contributed by atoms with Crippen molar-refractivity contribution in [2.45, 2.75) is 10.9 Å². The fraction of sp³-hybridized carbons (Fsp3) is 0.455. The lowest BCUT2D eigenvalue weighted by Crippen LogP contribution is -2.50. The van der Waals surface area contributed by atoms with Gasteiger partial charge in [-0.3, -0.25) is 0 Å². The first-order valence-corrected chi connectivity index (χ1v) is 7.17. The van der Waals surface area contributed by atoms with E-state index in [0.717, 1.165) is 4.31 Å². The molecule has 20 heavy (non-hydrogen) atoms. The second-order valence-corrected chi connectivity index (χ2v) is 6.05. The van der Waals surface area contributed by atoms with E-state index in [9.17, 15) is 21.6 Å². The van der Waals surface area contributed by atoms with Crippen LogP contribution in [0.1, 0.15) is 0 Å². The number of hydrogen-bond acceptors (Lipinski definition) is 4. The summed E-state index contributed by atoms with van der Waals surface area (Å²) in [6.45, 7) is -0.742. The third kappa shape index (κ3) is 2.66. The average Bonchev–Trinajstić information content (AvgIpc) is 2.37. The molecule has 0 amide bonds. The van der Waals surface area contributed by atoms with Gasteiger partial charge in [0.1, 0.15) is 17.5 Å². The molecule has 0 aromatic heterocycles. The minimum Gasteiger partial charge on any atom is -0.395 e. The lowest BCUT2D eigenvalue weighted by Gasteiger charge is -2.33. The summed E-state index contributed by atoms with van der Waals surface area (Å²) in [5.74, 6) is -4.23. The van der Waals surface area contributed by atoms with Gasteiger partial charge in [-0.2, -0.15) is 4.31 Å². The molecule has 2 rings (SSSR count). The van der Waals surface area contributed by atoms with E-state index in [-0.39, 0.29) is 19.8 Å². The molecule has 1 aromatic rings. The number of aliphatic hydroxyl groups excluding tert-OH is 1. The van der Waals surface area contributed by atoms with Gasteiger partial charge in [0.2, 0.25) is 10.0 Å². The van der Waals surface area contributed by atoms with Crippen molar-refractivity contribution in [3.8, 4) is 0 Å². The van der Waals surface area contributed by atoms with Gasteiger partial charge < -0.3 is 9.84 Å². The van der Waals surface area contributed by atoms with Gasteiger partial charge in [0.25, 0.3) is 0 Å². The summed E-state index contributed by atoms with van der Waals surface area (Å²) in [6, 6.07) is -0.341. The number of sulfonamides is 1. The van der Waals surface area contributed by atoms with Crippen molar-refractivity contribution in [3.63, 3.8) is 0 Å². The second kappa shape index (κ2) is 5.68. The first-order chi connectivity index (χ1) is 9.37. The largest absolute Gasteiger partial charge is 0.395 e. The number of ether oxygens (including phenoxy) is 1. The Balaban J connectivity index is 2.49. The van der Waals surface area contributed by atoms with E-state index >= 15 is 0 Å². The molecule has 112 valence electrons. The van der Waals surface area contributed by atoms with Gasteiger partial charge in [0.05, 0.1) is 25.9 Å². The third-order valence-corrected chi connectivity index (χ3v) is 4.92. The quantitative estimate of drug-likeness (QED) is 0.882. The molecule has 0 aliphatic carbocycles. The highest BCUT2D eigenvalue weighted by atomic mass is 32.2. The molecule has 5 nitrogen and oxygen atoms in total. The van der Waals surface area contributed by atoms with Gasteiger partial charge in [-0.1, -0.05) is 0 Å². The van der Waals surface area contributed by atoms with Crippen LogP contribution in [0.5, 0.6) is 0 Å². The molecule has 1 saturated heterocycles. The Kier molecular flexibility index (Phi) is 4.33. The normalized spacial score (nSPS) is 21.1. The monoisotopic (exact) mass is 311 g/mol. The van der Waals surface area contributed by atoms with E-state index in [0.29, 0.717) is 12.1 Å². The van der Waals surface area contributed by atoms with Crippen molar-refractivity contribution in [1.29, 1.82) is 0 Å². The maximum absolute atomic E-state index is 13.6. The summed E-state index contributed by atoms with van der Waals surface area (Å²) >= 11 is 0. The summed E-state index contributed by atoms with van der Waals surface area (Å²) in [4.78, 5) is -1.22. The van der Waals surface area contributed by atoms with Crippen molar-refractivity contribution in [2.24, 2.45) is 0 Å². The SMILES string of the molecule is O=S(=O)(c1c(F)cc(F)cc1F)N1CCOCC1CO.